The first kappa shape index (κ1) is 29.4. The summed E-state index contributed by atoms with van der Waals surface area (Å²) < 4.78 is 12.1. The van der Waals surface area contributed by atoms with Crippen molar-refractivity contribution >= 4 is 55.9 Å². The lowest BCUT2D eigenvalue weighted by Crippen LogP contribution is -2.47. The highest BCUT2D eigenvalue weighted by Crippen LogP contribution is 2.33. The van der Waals surface area contributed by atoms with Gasteiger partial charge in [-0.2, -0.15) is 0 Å². The van der Waals surface area contributed by atoms with E-state index in [0.717, 1.165) is 61.2 Å². The second-order valence-corrected chi connectivity index (χ2v) is 10.3. The highest BCUT2D eigenvalue weighted by molar-refractivity contribution is 9.10. The maximum atomic E-state index is 12.2. The quantitative estimate of drug-likeness (QED) is 0.163. The molecule has 40 heavy (non-hydrogen) atoms. The van der Waals surface area contributed by atoms with Crippen molar-refractivity contribution in [1.29, 1.82) is 0 Å². The van der Waals surface area contributed by atoms with Crippen LogP contribution in [0.2, 0.25) is 0 Å². The molecule has 1 saturated heterocycles. The molecule has 4 rings (SSSR count). The number of benzene rings is 2. The number of hydrogen-bond acceptors (Lipinski definition) is 9. The number of carbonyl (C=O) groups is 2. The van der Waals surface area contributed by atoms with Crippen LogP contribution in [0.15, 0.2) is 59.9 Å². The molecule has 3 aromatic rings. The lowest BCUT2D eigenvalue weighted by Gasteiger charge is -2.34. The van der Waals surface area contributed by atoms with Gasteiger partial charge >= 0.3 is 5.97 Å². The molecular formula is C29H35BrN6O4. The normalized spacial score (nSPS) is 14.1. The topological polar surface area (TPSA) is 109 Å². The second kappa shape index (κ2) is 14.7. The molecule has 0 atom stereocenters. The minimum Gasteiger partial charge on any atom is -0.491 e. The first-order chi connectivity index (χ1) is 19.4. The van der Waals surface area contributed by atoms with Crippen molar-refractivity contribution < 1.29 is 19.1 Å². The van der Waals surface area contributed by atoms with E-state index < -0.39 is 0 Å². The van der Waals surface area contributed by atoms with Crippen molar-refractivity contribution in [1.82, 2.24) is 19.8 Å². The molecule has 11 heteroatoms. The van der Waals surface area contributed by atoms with Crippen LogP contribution >= 0.6 is 15.9 Å². The zero-order valence-electron chi connectivity index (χ0n) is 22.7. The van der Waals surface area contributed by atoms with Crippen molar-refractivity contribution in [2.75, 3.05) is 63.1 Å². The zero-order chi connectivity index (χ0) is 28.3. The number of nitrogens with one attached hydrogen (secondary N) is 2. The Bertz CT molecular complexity index is 1330. The number of esters is 1. The van der Waals surface area contributed by atoms with E-state index in [1.165, 1.54) is 12.4 Å². The Balaban J connectivity index is 1.36. The molecule has 1 fully saturated rings. The minimum absolute atomic E-state index is 0.136. The molecule has 0 spiro atoms. The summed E-state index contributed by atoms with van der Waals surface area (Å²) in [4.78, 5) is 37.3. The predicted octanol–water partition coefficient (Wildman–Crippen LogP) is 4.60. The van der Waals surface area contributed by atoms with Crippen molar-refractivity contribution in [3.05, 3.63) is 59.9 Å². The molecule has 1 aromatic heterocycles. The van der Waals surface area contributed by atoms with Gasteiger partial charge < -0.3 is 29.9 Å². The fourth-order valence-electron chi connectivity index (χ4n) is 4.48. The standard InChI is InChI=1S/C29H35BrN6O4/c1-3-27(37)34-25-18-23-24(31-20-32-29(23)33-22-8-5-7-21(30)17-22)19-26(25)40-16-6-10-35-12-14-36(15-13-35)11-9-28(38)39-4-2/h3,5,7-8,17-20H,1,4,6,9-16H2,2H3,(H,34,37)(H,31,32,33). The number of amides is 1. The Morgan fingerprint density at radius 1 is 1.10 bits per heavy atom. The summed E-state index contributed by atoms with van der Waals surface area (Å²) in [6, 6.07) is 11.4. The number of aromatic nitrogens is 2. The highest BCUT2D eigenvalue weighted by atomic mass is 79.9. The molecule has 1 amide bonds. The van der Waals surface area contributed by atoms with Crippen LogP contribution in [0.1, 0.15) is 19.8 Å². The first-order valence-electron chi connectivity index (χ1n) is 13.4. The minimum atomic E-state index is -0.330. The van der Waals surface area contributed by atoms with Crippen LogP contribution in [0, 0.1) is 0 Å². The molecule has 0 bridgehead atoms. The number of nitrogens with zero attached hydrogens (tertiary/aromatic N) is 4. The number of piperazine rings is 1. The van der Waals surface area contributed by atoms with Gasteiger partial charge in [-0.1, -0.05) is 28.6 Å². The van der Waals surface area contributed by atoms with E-state index in [1.807, 2.05) is 43.3 Å². The second-order valence-electron chi connectivity index (χ2n) is 9.36. The molecule has 212 valence electrons. The van der Waals surface area contributed by atoms with E-state index in [-0.39, 0.29) is 11.9 Å². The zero-order valence-corrected chi connectivity index (χ0v) is 24.3. The maximum Gasteiger partial charge on any atom is 0.307 e. The van der Waals surface area contributed by atoms with Gasteiger partial charge in [0.2, 0.25) is 5.91 Å². The Morgan fingerprint density at radius 3 is 2.60 bits per heavy atom. The summed E-state index contributed by atoms with van der Waals surface area (Å²) >= 11 is 3.49. The first-order valence-corrected chi connectivity index (χ1v) is 14.2. The molecular weight excluding hydrogens is 576 g/mol. The summed E-state index contributed by atoms with van der Waals surface area (Å²) in [5.74, 6) is 0.690. The lowest BCUT2D eigenvalue weighted by molar-refractivity contribution is -0.143. The highest BCUT2D eigenvalue weighted by Gasteiger charge is 2.18. The number of fused-ring (bicyclic) bond motifs is 1. The molecule has 0 unspecified atom stereocenters. The molecule has 0 saturated carbocycles. The summed E-state index contributed by atoms with van der Waals surface area (Å²) in [6.07, 6.45) is 3.99. The van der Waals surface area contributed by atoms with Crippen LogP contribution < -0.4 is 15.4 Å². The van der Waals surface area contributed by atoms with Gasteiger partial charge in [0.15, 0.2) is 0 Å². The Kier molecular flexibility index (Phi) is 10.8. The van der Waals surface area contributed by atoms with Gasteiger partial charge in [0.05, 0.1) is 30.8 Å². The van der Waals surface area contributed by atoms with Crippen molar-refractivity contribution in [3.8, 4) is 5.75 Å². The van der Waals surface area contributed by atoms with Gasteiger partial charge in [0, 0.05) is 60.9 Å². The van der Waals surface area contributed by atoms with Gasteiger partial charge in [0.25, 0.3) is 0 Å². The van der Waals surface area contributed by atoms with E-state index in [1.54, 1.807) is 0 Å². The lowest BCUT2D eigenvalue weighted by atomic mass is 10.1. The molecule has 2 aromatic carbocycles. The number of carbonyl (C=O) groups excluding carboxylic acids is 2. The van der Waals surface area contributed by atoms with Crippen LogP contribution in [0.3, 0.4) is 0 Å². The number of hydrogen-bond donors (Lipinski definition) is 2. The van der Waals surface area contributed by atoms with Gasteiger partial charge in [-0.15, -0.1) is 0 Å². The van der Waals surface area contributed by atoms with Gasteiger partial charge in [-0.05, 0) is 43.7 Å². The molecule has 0 radical (unpaired) electrons. The van der Waals surface area contributed by atoms with E-state index in [9.17, 15) is 9.59 Å². The molecule has 2 heterocycles. The van der Waals surface area contributed by atoms with E-state index in [4.69, 9.17) is 9.47 Å². The van der Waals surface area contributed by atoms with Gasteiger partial charge in [0.1, 0.15) is 17.9 Å². The summed E-state index contributed by atoms with van der Waals surface area (Å²) in [7, 11) is 0. The Hall–Kier alpha value is -3.54. The number of ether oxygens (including phenoxy) is 2. The Labute approximate surface area is 242 Å². The average molecular weight is 612 g/mol. The fourth-order valence-corrected chi connectivity index (χ4v) is 4.88. The van der Waals surface area contributed by atoms with Crippen LogP contribution in [-0.2, 0) is 14.3 Å². The van der Waals surface area contributed by atoms with Gasteiger partial charge in [-0.25, -0.2) is 9.97 Å². The summed E-state index contributed by atoms with van der Waals surface area (Å²) in [5.41, 5.74) is 2.09. The van der Waals surface area contributed by atoms with Crippen molar-refractivity contribution in [2.45, 2.75) is 19.8 Å². The van der Waals surface area contributed by atoms with Crippen LogP contribution in [0.4, 0.5) is 17.2 Å². The third-order valence-corrected chi connectivity index (χ3v) is 7.04. The maximum absolute atomic E-state index is 12.2. The largest absolute Gasteiger partial charge is 0.491 e. The SMILES string of the molecule is C=CC(=O)Nc1cc2c(Nc3cccc(Br)c3)ncnc2cc1OCCCN1CCN(CCC(=O)OCC)CC1. The van der Waals surface area contributed by atoms with E-state index >= 15 is 0 Å². The average Bonchev–Trinajstić information content (AvgIpc) is 2.95. The van der Waals surface area contributed by atoms with Crippen LogP contribution in [0.5, 0.6) is 5.75 Å². The van der Waals surface area contributed by atoms with Crippen LogP contribution in [-0.4, -0.2) is 84.1 Å². The molecule has 1 aliphatic heterocycles. The van der Waals surface area contributed by atoms with Crippen molar-refractivity contribution in [3.63, 3.8) is 0 Å². The number of rotatable bonds is 13. The summed E-state index contributed by atoms with van der Waals surface area (Å²) in [6.45, 7) is 11.7. The van der Waals surface area contributed by atoms with E-state index in [2.05, 4.69) is 52.9 Å². The smallest absolute Gasteiger partial charge is 0.307 e. The predicted molar refractivity (Wildman–Crippen MR) is 160 cm³/mol. The van der Waals surface area contributed by atoms with E-state index in [0.29, 0.717) is 42.4 Å². The van der Waals surface area contributed by atoms with Gasteiger partial charge in [-0.3, -0.25) is 9.59 Å². The molecule has 2 N–H and O–H groups in total. The van der Waals surface area contributed by atoms with Crippen LogP contribution in [0.25, 0.3) is 10.9 Å². The molecule has 1 aliphatic rings. The third kappa shape index (κ3) is 8.48. The van der Waals surface area contributed by atoms with Crippen molar-refractivity contribution in [2.24, 2.45) is 0 Å². The monoisotopic (exact) mass is 610 g/mol. The Morgan fingerprint density at radius 2 is 1.88 bits per heavy atom. The number of halogens is 1. The fraction of sp³-hybridized carbons (Fsp3) is 0.379. The summed E-state index contributed by atoms with van der Waals surface area (Å²) in [5, 5.41) is 6.92. The number of anilines is 3. The molecule has 0 aliphatic carbocycles. The third-order valence-electron chi connectivity index (χ3n) is 6.55. The molecule has 10 nitrogen and oxygen atoms in total.